The van der Waals surface area contributed by atoms with Crippen LogP contribution in [-0.4, -0.2) is 29.6 Å². The molecule has 1 saturated carbocycles. The molecule has 0 saturated heterocycles. The first-order chi connectivity index (χ1) is 10.9. The zero-order valence-corrected chi connectivity index (χ0v) is 13.0. The number of anilines is 1. The Morgan fingerprint density at radius 3 is 2.61 bits per heavy atom. The summed E-state index contributed by atoms with van der Waals surface area (Å²) in [5.41, 5.74) is -0.182. The first-order valence-electron chi connectivity index (χ1n) is 7.28. The molecule has 5 nitrogen and oxygen atoms in total. The highest BCUT2D eigenvalue weighted by atomic mass is 35.5. The van der Waals surface area contributed by atoms with Gasteiger partial charge in [-0.3, -0.25) is 9.59 Å². The average Bonchev–Trinajstić information content (AvgIpc) is 2.50. The van der Waals surface area contributed by atoms with Crippen molar-refractivity contribution in [1.82, 2.24) is 5.32 Å². The molecule has 8 heteroatoms. The van der Waals surface area contributed by atoms with E-state index in [1.54, 1.807) is 0 Å². The summed E-state index contributed by atoms with van der Waals surface area (Å²) in [6.07, 6.45) is 2.70. The fraction of sp³-hybridized carbons (Fsp3) is 0.467. The van der Waals surface area contributed by atoms with Crippen molar-refractivity contribution in [3.63, 3.8) is 0 Å². The highest BCUT2D eigenvalue weighted by molar-refractivity contribution is 6.41. The van der Waals surface area contributed by atoms with E-state index in [9.17, 15) is 23.5 Å². The molecule has 2 unspecified atom stereocenters. The van der Waals surface area contributed by atoms with Crippen LogP contribution in [0, 0.1) is 17.6 Å². The van der Waals surface area contributed by atoms with Gasteiger partial charge in [-0.1, -0.05) is 18.0 Å². The Morgan fingerprint density at radius 1 is 1.22 bits per heavy atom. The van der Waals surface area contributed by atoms with Crippen molar-refractivity contribution in [2.24, 2.45) is 5.92 Å². The van der Waals surface area contributed by atoms with E-state index < -0.39 is 23.4 Å². The second-order valence-corrected chi connectivity index (χ2v) is 6.00. The van der Waals surface area contributed by atoms with E-state index in [1.807, 2.05) is 0 Å². The quantitative estimate of drug-likeness (QED) is 0.580. The molecule has 2 rings (SSSR count). The molecular weight excluding hydrogens is 330 g/mol. The molecule has 0 spiro atoms. The van der Waals surface area contributed by atoms with Crippen LogP contribution in [0.25, 0.3) is 0 Å². The van der Waals surface area contributed by atoms with Crippen LogP contribution in [0.4, 0.5) is 14.5 Å². The van der Waals surface area contributed by atoms with Gasteiger partial charge in [-0.05, 0) is 31.2 Å². The lowest BCUT2D eigenvalue weighted by atomic mass is 9.87. The Balaban J connectivity index is 1.88. The van der Waals surface area contributed by atoms with E-state index in [-0.39, 0.29) is 29.3 Å². The lowest BCUT2D eigenvalue weighted by Gasteiger charge is -2.25. The maximum Gasteiger partial charge on any atom is 0.313 e. The van der Waals surface area contributed by atoms with Gasteiger partial charge in [0.2, 0.25) is 0 Å². The Hall–Kier alpha value is -1.73. The van der Waals surface area contributed by atoms with Gasteiger partial charge < -0.3 is 15.7 Å². The van der Waals surface area contributed by atoms with Crippen molar-refractivity contribution >= 4 is 29.1 Å². The van der Waals surface area contributed by atoms with Gasteiger partial charge in [0.1, 0.15) is 0 Å². The minimum Gasteiger partial charge on any atom is -0.393 e. The number of hydrogen-bond acceptors (Lipinski definition) is 3. The molecule has 1 aliphatic rings. The molecule has 2 amide bonds. The first-order valence-corrected chi connectivity index (χ1v) is 7.66. The fourth-order valence-electron chi connectivity index (χ4n) is 2.56. The van der Waals surface area contributed by atoms with Crippen molar-refractivity contribution in [1.29, 1.82) is 0 Å². The van der Waals surface area contributed by atoms with Crippen LogP contribution in [0.3, 0.4) is 0 Å². The molecule has 0 bridgehead atoms. The largest absolute Gasteiger partial charge is 0.393 e. The number of hydrogen-bond donors (Lipinski definition) is 3. The number of carbonyl (C=O) groups is 2. The number of aliphatic hydroxyl groups excluding tert-OH is 1. The summed E-state index contributed by atoms with van der Waals surface area (Å²) < 4.78 is 26.1. The van der Waals surface area contributed by atoms with Gasteiger partial charge in [-0.15, -0.1) is 0 Å². The van der Waals surface area contributed by atoms with Gasteiger partial charge in [0, 0.05) is 12.6 Å². The average molecular weight is 347 g/mol. The third-order valence-corrected chi connectivity index (χ3v) is 4.08. The number of aliphatic hydroxyl groups is 1. The summed E-state index contributed by atoms with van der Waals surface area (Å²) in [6.45, 7) is 0.273. The summed E-state index contributed by atoms with van der Waals surface area (Å²) in [4.78, 5) is 23.5. The topological polar surface area (TPSA) is 78.4 Å². The zero-order valence-electron chi connectivity index (χ0n) is 12.2. The standard InChI is InChI=1S/C15H17ClF2N2O3/c16-10-5-11(17)12(18)6-13(10)20-15(23)14(22)19-7-8-2-1-3-9(21)4-8/h5-6,8-9,21H,1-4,7H2,(H,19,22)(H,20,23). The molecule has 23 heavy (non-hydrogen) atoms. The van der Waals surface area contributed by atoms with Crippen LogP contribution in [0.2, 0.25) is 5.02 Å². The molecule has 1 aromatic rings. The Kier molecular flexibility index (Phi) is 5.90. The van der Waals surface area contributed by atoms with Gasteiger partial charge >= 0.3 is 11.8 Å². The smallest absolute Gasteiger partial charge is 0.313 e. The zero-order chi connectivity index (χ0) is 17.0. The van der Waals surface area contributed by atoms with Crippen molar-refractivity contribution in [2.75, 3.05) is 11.9 Å². The number of amides is 2. The molecule has 3 N–H and O–H groups in total. The lowest BCUT2D eigenvalue weighted by molar-refractivity contribution is -0.136. The van der Waals surface area contributed by atoms with E-state index in [1.165, 1.54) is 0 Å². The van der Waals surface area contributed by atoms with E-state index in [4.69, 9.17) is 11.6 Å². The maximum atomic E-state index is 13.1. The number of benzene rings is 1. The van der Waals surface area contributed by atoms with Crippen LogP contribution in [0.1, 0.15) is 25.7 Å². The third kappa shape index (κ3) is 4.87. The van der Waals surface area contributed by atoms with Crippen LogP contribution in [-0.2, 0) is 9.59 Å². The van der Waals surface area contributed by atoms with Crippen molar-refractivity contribution < 1.29 is 23.5 Å². The van der Waals surface area contributed by atoms with E-state index in [0.717, 1.165) is 19.3 Å². The summed E-state index contributed by atoms with van der Waals surface area (Å²) in [7, 11) is 0. The third-order valence-electron chi connectivity index (χ3n) is 3.77. The van der Waals surface area contributed by atoms with Gasteiger partial charge in [0.25, 0.3) is 0 Å². The van der Waals surface area contributed by atoms with Gasteiger partial charge in [-0.25, -0.2) is 8.78 Å². The number of halogens is 3. The Bertz CT molecular complexity index is 613. The predicted octanol–water partition coefficient (Wildman–Crippen LogP) is 2.22. The number of carbonyl (C=O) groups excluding carboxylic acids is 2. The Morgan fingerprint density at radius 2 is 1.91 bits per heavy atom. The molecule has 0 radical (unpaired) electrons. The molecule has 2 atom stereocenters. The number of nitrogens with one attached hydrogen (secondary N) is 2. The van der Waals surface area contributed by atoms with Crippen LogP contribution in [0.15, 0.2) is 12.1 Å². The molecular formula is C15H17ClF2N2O3. The summed E-state index contributed by atoms with van der Waals surface area (Å²) in [5, 5.41) is 13.9. The van der Waals surface area contributed by atoms with Crippen LogP contribution in [0.5, 0.6) is 0 Å². The molecule has 126 valence electrons. The molecule has 0 aromatic heterocycles. The van der Waals surface area contributed by atoms with E-state index >= 15 is 0 Å². The monoisotopic (exact) mass is 346 g/mol. The van der Waals surface area contributed by atoms with Crippen molar-refractivity contribution in [3.8, 4) is 0 Å². The molecule has 1 aromatic carbocycles. The molecule has 0 aliphatic heterocycles. The van der Waals surface area contributed by atoms with Crippen molar-refractivity contribution in [3.05, 3.63) is 28.8 Å². The number of rotatable bonds is 3. The highest BCUT2D eigenvalue weighted by Crippen LogP contribution is 2.25. The molecule has 1 aliphatic carbocycles. The van der Waals surface area contributed by atoms with E-state index in [0.29, 0.717) is 18.6 Å². The minimum atomic E-state index is -1.18. The van der Waals surface area contributed by atoms with Crippen LogP contribution >= 0.6 is 11.6 Å². The Labute approximate surface area is 137 Å². The van der Waals surface area contributed by atoms with Crippen LogP contribution < -0.4 is 10.6 Å². The lowest BCUT2D eigenvalue weighted by Crippen LogP contribution is -2.39. The summed E-state index contributed by atoms with van der Waals surface area (Å²) in [6, 6.07) is 1.42. The SMILES string of the molecule is O=C(NCC1CCCC(O)C1)C(=O)Nc1cc(F)c(F)cc1Cl. The van der Waals surface area contributed by atoms with Gasteiger partial charge in [0.05, 0.1) is 16.8 Å². The second-order valence-electron chi connectivity index (χ2n) is 5.60. The highest BCUT2D eigenvalue weighted by Gasteiger charge is 2.22. The summed E-state index contributed by atoms with van der Waals surface area (Å²) in [5.74, 6) is -4.13. The predicted molar refractivity (Wildman–Crippen MR) is 81.0 cm³/mol. The van der Waals surface area contributed by atoms with E-state index in [2.05, 4.69) is 10.6 Å². The molecule has 1 fully saturated rings. The molecule has 0 heterocycles. The minimum absolute atomic E-state index is 0.113. The fourth-order valence-corrected chi connectivity index (χ4v) is 2.76. The first kappa shape index (κ1) is 17.6. The van der Waals surface area contributed by atoms with Gasteiger partial charge in [0.15, 0.2) is 11.6 Å². The van der Waals surface area contributed by atoms with Crippen molar-refractivity contribution in [2.45, 2.75) is 31.8 Å². The summed E-state index contributed by atoms with van der Waals surface area (Å²) >= 11 is 5.68. The normalized spacial score (nSPS) is 20.9. The maximum absolute atomic E-state index is 13.1. The van der Waals surface area contributed by atoms with Gasteiger partial charge in [-0.2, -0.15) is 0 Å². The second kappa shape index (κ2) is 7.70.